The lowest BCUT2D eigenvalue weighted by molar-refractivity contribution is -0.474. The fourth-order valence-corrected chi connectivity index (χ4v) is 10.3. The summed E-state index contributed by atoms with van der Waals surface area (Å²) in [5.41, 5.74) is 0. The van der Waals surface area contributed by atoms with E-state index < -0.39 is 25.9 Å². The molecule has 10 nitrogen and oxygen atoms in total. The van der Waals surface area contributed by atoms with Gasteiger partial charge in [-0.1, -0.05) is 121 Å². The second-order valence-electron chi connectivity index (χ2n) is 10.4. The van der Waals surface area contributed by atoms with Crippen molar-refractivity contribution in [3.05, 3.63) is 121 Å². The molecule has 238 valence electrons. The van der Waals surface area contributed by atoms with Crippen molar-refractivity contribution in [1.29, 1.82) is 0 Å². The molecule has 0 fully saturated rings. The molecule has 0 spiro atoms. The van der Waals surface area contributed by atoms with Gasteiger partial charge in [0, 0.05) is 33.5 Å². The molecule has 44 heavy (non-hydrogen) atoms. The van der Waals surface area contributed by atoms with Crippen LogP contribution in [-0.4, -0.2) is 44.9 Å². The molecular weight excluding hydrogens is 606 g/mol. The molecule has 0 heterocycles. The van der Waals surface area contributed by atoms with Gasteiger partial charge in [-0.3, -0.25) is 0 Å². The van der Waals surface area contributed by atoms with Crippen LogP contribution >= 0.6 is 14.3 Å². The highest BCUT2D eigenvalue weighted by Gasteiger charge is 2.34. The Morgan fingerprint density at radius 3 is 0.750 bits per heavy atom. The van der Waals surface area contributed by atoms with Crippen LogP contribution in [0.15, 0.2) is 121 Å². The Morgan fingerprint density at radius 2 is 0.614 bits per heavy atom. The van der Waals surface area contributed by atoms with E-state index in [0.717, 1.165) is 21.2 Å². The van der Waals surface area contributed by atoms with Gasteiger partial charge in [0.2, 0.25) is 11.6 Å². The zero-order valence-electron chi connectivity index (χ0n) is 25.1. The molecule has 0 aromatic heterocycles. The van der Waals surface area contributed by atoms with Crippen molar-refractivity contribution >= 4 is 35.5 Å². The Balaban J connectivity index is 0.000000402. The van der Waals surface area contributed by atoms with Gasteiger partial charge in [0.1, 0.15) is 14.3 Å². The third kappa shape index (κ3) is 10.9. The van der Waals surface area contributed by atoms with Gasteiger partial charge in [-0.2, -0.15) is 0 Å². The molecule has 0 aliphatic rings. The summed E-state index contributed by atoms with van der Waals surface area (Å²) >= 11 is 0. The van der Waals surface area contributed by atoms with E-state index in [1.165, 1.54) is 27.7 Å². The van der Waals surface area contributed by atoms with E-state index in [0.29, 0.717) is 12.3 Å². The molecule has 12 heteroatoms. The molecule has 4 N–H and O–H groups in total. The standard InChI is InChI=1S/C26H24O2P2.2C3H8O4/c27-29(23-13-5-1-6-14-23,24-15-7-2-8-16-24)21-22-30(28,25-17-9-3-10-18-25)26-19-11-4-12-20-26;2*1-3(2,6-4)7-5/h1-20H,21-22H2;2*4-5H,1-2H3. The quantitative estimate of drug-likeness (QED) is 0.0622. The lowest BCUT2D eigenvalue weighted by atomic mass is 10.4. The minimum Gasteiger partial charge on any atom is -0.314 e. The van der Waals surface area contributed by atoms with E-state index >= 15 is 0 Å². The fraction of sp³-hybridized carbons (Fsp3) is 0.250. The predicted molar refractivity (Wildman–Crippen MR) is 172 cm³/mol. The van der Waals surface area contributed by atoms with Gasteiger partial charge in [0.25, 0.3) is 0 Å². The summed E-state index contributed by atoms with van der Waals surface area (Å²) < 4.78 is 28.8. The molecule has 0 bridgehead atoms. The molecule has 0 aliphatic carbocycles. The Morgan fingerprint density at radius 1 is 0.432 bits per heavy atom. The fourth-order valence-electron chi connectivity index (χ4n) is 3.80. The molecule has 0 saturated heterocycles. The predicted octanol–water partition coefficient (Wildman–Crippen LogP) is 6.42. The first-order valence-corrected chi connectivity index (χ1v) is 17.4. The molecule has 0 radical (unpaired) electrons. The number of hydrogen-bond acceptors (Lipinski definition) is 10. The normalized spacial score (nSPS) is 11.9. The summed E-state index contributed by atoms with van der Waals surface area (Å²) in [6.45, 7) is 5.42. The Bertz CT molecular complexity index is 1240. The van der Waals surface area contributed by atoms with Crippen molar-refractivity contribution in [3.63, 3.8) is 0 Å². The van der Waals surface area contributed by atoms with Gasteiger partial charge in [0.05, 0.1) is 0 Å². The zero-order chi connectivity index (χ0) is 32.7. The number of benzene rings is 4. The van der Waals surface area contributed by atoms with Crippen molar-refractivity contribution in [1.82, 2.24) is 0 Å². The lowest BCUT2D eigenvalue weighted by Gasteiger charge is -2.24. The van der Waals surface area contributed by atoms with E-state index in [9.17, 15) is 9.13 Å². The first kappa shape index (κ1) is 37.2. The Kier molecular flexibility index (Phi) is 14.8. The topological polar surface area (TPSA) is 152 Å². The third-order valence-corrected chi connectivity index (χ3v) is 12.9. The zero-order valence-corrected chi connectivity index (χ0v) is 26.9. The van der Waals surface area contributed by atoms with E-state index in [-0.39, 0.29) is 0 Å². The minimum absolute atomic E-state index is 0.349. The minimum atomic E-state index is -2.93. The van der Waals surface area contributed by atoms with E-state index in [1.807, 2.05) is 121 Å². The summed E-state index contributed by atoms with van der Waals surface area (Å²) in [4.78, 5) is 14.5. The Labute approximate surface area is 257 Å². The SMILES string of the molecule is CC(C)(OO)OO.CC(C)(OO)OO.O=P(CCP(=O)(c1ccccc1)c1ccccc1)(c1ccccc1)c1ccccc1. The van der Waals surface area contributed by atoms with Crippen LogP contribution in [-0.2, 0) is 28.7 Å². The van der Waals surface area contributed by atoms with Crippen LogP contribution in [0.5, 0.6) is 0 Å². The van der Waals surface area contributed by atoms with Gasteiger partial charge in [-0.25, -0.2) is 40.6 Å². The van der Waals surface area contributed by atoms with Gasteiger partial charge in [-0.05, 0) is 27.7 Å². The maximum atomic E-state index is 14.4. The van der Waals surface area contributed by atoms with Crippen LogP contribution in [0, 0.1) is 0 Å². The molecule has 0 atom stereocenters. The van der Waals surface area contributed by atoms with E-state index in [1.54, 1.807) is 0 Å². The van der Waals surface area contributed by atoms with Crippen molar-refractivity contribution in [2.75, 3.05) is 12.3 Å². The van der Waals surface area contributed by atoms with Gasteiger partial charge in [-0.15, -0.1) is 0 Å². The highest BCUT2D eigenvalue weighted by Crippen LogP contribution is 2.50. The van der Waals surface area contributed by atoms with E-state index in [2.05, 4.69) is 19.6 Å². The Hall–Kier alpha value is -2.98. The summed E-state index contributed by atoms with van der Waals surface area (Å²) in [5, 5.41) is 34.5. The lowest BCUT2D eigenvalue weighted by Crippen LogP contribution is -2.24. The number of hydrogen-bond donors (Lipinski definition) is 4. The van der Waals surface area contributed by atoms with Gasteiger partial charge < -0.3 is 9.13 Å². The highest BCUT2D eigenvalue weighted by atomic mass is 31.2. The van der Waals surface area contributed by atoms with Crippen LogP contribution in [0.3, 0.4) is 0 Å². The largest absolute Gasteiger partial charge is 0.314 e. The van der Waals surface area contributed by atoms with Gasteiger partial charge in [0.15, 0.2) is 0 Å². The average molecular weight is 647 g/mol. The van der Waals surface area contributed by atoms with Crippen molar-refractivity contribution < 1.29 is 49.7 Å². The van der Waals surface area contributed by atoms with E-state index in [4.69, 9.17) is 21.0 Å². The van der Waals surface area contributed by atoms with Crippen molar-refractivity contribution in [2.45, 2.75) is 39.3 Å². The summed E-state index contributed by atoms with van der Waals surface area (Å²) in [7, 11) is -5.87. The first-order valence-electron chi connectivity index (χ1n) is 13.6. The molecule has 0 unspecified atom stereocenters. The highest BCUT2D eigenvalue weighted by molar-refractivity contribution is 7.82. The molecular formula is C32H40O10P2. The van der Waals surface area contributed by atoms with Gasteiger partial charge >= 0.3 is 0 Å². The first-order chi connectivity index (χ1) is 20.9. The smallest absolute Gasteiger partial charge is 0.227 e. The summed E-state index contributed by atoms with van der Waals surface area (Å²) in [6.07, 6.45) is 0.699. The summed E-state index contributed by atoms with van der Waals surface area (Å²) in [5.74, 6) is -2.61. The monoisotopic (exact) mass is 646 g/mol. The van der Waals surface area contributed by atoms with Crippen molar-refractivity contribution in [2.24, 2.45) is 0 Å². The summed E-state index contributed by atoms with van der Waals surface area (Å²) in [6, 6.07) is 38.4. The second-order valence-corrected chi connectivity index (χ2v) is 16.4. The molecule has 4 rings (SSSR count). The van der Waals surface area contributed by atoms with Crippen LogP contribution in [0.2, 0.25) is 0 Å². The van der Waals surface area contributed by atoms with Crippen molar-refractivity contribution in [3.8, 4) is 0 Å². The van der Waals surface area contributed by atoms with Crippen LogP contribution in [0.1, 0.15) is 27.7 Å². The average Bonchev–Trinajstić information content (AvgIpc) is 3.09. The molecule has 4 aromatic rings. The maximum Gasteiger partial charge on any atom is 0.227 e. The molecule has 4 aromatic carbocycles. The maximum absolute atomic E-state index is 14.4. The molecule has 0 amide bonds. The molecule has 0 aliphatic heterocycles. The van der Waals surface area contributed by atoms with Crippen LogP contribution < -0.4 is 21.2 Å². The molecule has 0 saturated carbocycles. The third-order valence-electron chi connectivity index (χ3n) is 6.30. The number of rotatable bonds is 11. The van der Waals surface area contributed by atoms with Crippen LogP contribution in [0.4, 0.5) is 0 Å². The second kappa shape index (κ2) is 17.5. The van der Waals surface area contributed by atoms with Crippen LogP contribution in [0.25, 0.3) is 0 Å².